The normalized spacial score (nSPS) is 14.2. The van der Waals surface area contributed by atoms with Crippen LogP contribution in [0.25, 0.3) is 0 Å². The molecule has 1 heterocycles. The number of aliphatic hydroxyl groups excluding tert-OH is 1. The molecule has 0 saturated heterocycles. The Labute approximate surface area is 118 Å². The molecule has 20 heavy (non-hydrogen) atoms. The van der Waals surface area contributed by atoms with E-state index in [0.29, 0.717) is 12.1 Å². The molecule has 2 atom stereocenters. The lowest BCUT2D eigenvalue weighted by Gasteiger charge is -2.26. The molecular weight excluding hydrogens is 255 g/mol. The van der Waals surface area contributed by atoms with Crippen molar-refractivity contribution in [2.45, 2.75) is 19.1 Å². The highest BCUT2D eigenvalue weighted by molar-refractivity contribution is 5.19. The molecule has 0 aliphatic rings. The largest absolute Gasteiger partial charge is 0.387 e. The quantitative estimate of drug-likeness (QED) is 0.910. The predicted octanol–water partition coefficient (Wildman–Crippen LogP) is 2.95. The van der Waals surface area contributed by atoms with Gasteiger partial charge in [-0.15, -0.1) is 0 Å². The third kappa shape index (κ3) is 3.62. The van der Waals surface area contributed by atoms with E-state index in [1.807, 2.05) is 37.1 Å². The summed E-state index contributed by atoms with van der Waals surface area (Å²) in [6.07, 6.45) is 1.11. The van der Waals surface area contributed by atoms with E-state index in [9.17, 15) is 9.50 Å². The number of aliphatic hydroxyl groups is 1. The molecule has 0 amide bonds. The first-order valence-corrected chi connectivity index (χ1v) is 6.62. The Morgan fingerprint density at radius 2 is 1.90 bits per heavy atom. The number of hydrogen-bond donors (Lipinski definition) is 1. The van der Waals surface area contributed by atoms with Gasteiger partial charge in [0, 0.05) is 18.8 Å². The second kappa shape index (κ2) is 6.59. The Balaban J connectivity index is 2.00. The van der Waals surface area contributed by atoms with Crippen molar-refractivity contribution in [2.75, 3.05) is 13.6 Å². The van der Waals surface area contributed by atoms with E-state index in [4.69, 9.17) is 0 Å². The highest BCUT2D eigenvalue weighted by atomic mass is 19.1. The monoisotopic (exact) mass is 274 g/mol. The Morgan fingerprint density at radius 1 is 1.20 bits per heavy atom. The minimum Gasteiger partial charge on any atom is -0.387 e. The third-order valence-electron chi connectivity index (χ3n) is 3.49. The van der Waals surface area contributed by atoms with Gasteiger partial charge in [-0.25, -0.2) is 4.39 Å². The minimum atomic E-state index is -0.647. The highest BCUT2D eigenvalue weighted by Crippen LogP contribution is 2.20. The summed E-state index contributed by atoms with van der Waals surface area (Å²) in [7, 11) is 1.94. The molecule has 3 nitrogen and oxygen atoms in total. The van der Waals surface area contributed by atoms with Crippen LogP contribution in [0.15, 0.2) is 48.7 Å². The minimum absolute atomic E-state index is 0.103. The number of benzene rings is 1. The van der Waals surface area contributed by atoms with Gasteiger partial charge in [-0.3, -0.25) is 9.88 Å². The predicted molar refractivity (Wildman–Crippen MR) is 76.6 cm³/mol. The molecule has 4 heteroatoms. The fraction of sp³-hybridized carbons (Fsp3) is 0.312. The molecule has 0 spiro atoms. The number of hydrogen-bond acceptors (Lipinski definition) is 3. The van der Waals surface area contributed by atoms with E-state index in [2.05, 4.69) is 4.98 Å². The Hall–Kier alpha value is -1.78. The second-order valence-electron chi connectivity index (χ2n) is 4.94. The Morgan fingerprint density at radius 3 is 2.50 bits per heavy atom. The van der Waals surface area contributed by atoms with Gasteiger partial charge in [0.25, 0.3) is 0 Å². The first-order valence-electron chi connectivity index (χ1n) is 6.62. The zero-order chi connectivity index (χ0) is 14.5. The number of halogens is 1. The molecule has 0 fully saturated rings. The maximum atomic E-state index is 12.9. The van der Waals surface area contributed by atoms with Crippen molar-refractivity contribution >= 4 is 0 Å². The Kier molecular flexibility index (Phi) is 4.82. The fourth-order valence-corrected chi connectivity index (χ4v) is 2.07. The van der Waals surface area contributed by atoms with Gasteiger partial charge in [0.1, 0.15) is 5.82 Å². The maximum Gasteiger partial charge on any atom is 0.123 e. The molecule has 2 unspecified atom stereocenters. The average molecular weight is 274 g/mol. The molecule has 2 aromatic rings. The van der Waals surface area contributed by atoms with Gasteiger partial charge in [-0.2, -0.15) is 0 Å². The van der Waals surface area contributed by atoms with Crippen molar-refractivity contribution in [3.8, 4) is 0 Å². The van der Waals surface area contributed by atoms with Crippen LogP contribution in [0, 0.1) is 5.82 Å². The lowest BCUT2D eigenvalue weighted by Crippen LogP contribution is -2.28. The van der Waals surface area contributed by atoms with Gasteiger partial charge in [-0.1, -0.05) is 18.2 Å². The number of aromatic nitrogens is 1. The third-order valence-corrected chi connectivity index (χ3v) is 3.49. The molecule has 1 aromatic heterocycles. The zero-order valence-electron chi connectivity index (χ0n) is 11.7. The van der Waals surface area contributed by atoms with Crippen LogP contribution < -0.4 is 0 Å². The van der Waals surface area contributed by atoms with Crippen molar-refractivity contribution in [1.82, 2.24) is 9.88 Å². The summed E-state index contributed by atoms with van der Waals surface area (Å²) in [4.78, 5) is 6.34. The molecule has 2 rings (SSSR count). The van der Waals surface area contributed by atoms with Gasteiger partial charge >= 0.3 is 0 Å². The van der Waals surface area contributed by atoms with Crippen LogP contribution in [0.1, 0.15) is 30.3 Å². The molecule has 106 valence electrons. The number of pyridine rings is 1. The highest BCUT2D eigenvalue weighted by Gasteiger charge is 2.17. The number of nitrogens with zero attached hydrogens (tertiary/aromatic N) is 2. The maximum absolute atomic E-state index is 12.9. The first kappa shape index (κ1) is 14.6. The van der Waals surface area contributed by atoms with Crippen molar-refractivity contribution < 1.29 is 9.50 Å². The van der Waals surface area contributed by atoms with Crippen LogP contribution in [0.5, 0.6) is 0 Å². The van der Waals surface area contributed by atoms with Crippen LogP contribution in [-0.4, -0.2) is 28.6 Å². The van der Waals surface area contributed by atoms with Crippen molar-refractivity contribution in [3.05, 3.63) is 65.7 Å². The summed E-state index contributed by atoms with van der Waals surface area (Å²) in [6.45, 7) is 2.50. The van der Waals surface area contributed by atoms with Crippen LogP contribution in [0.4, 0.5) is 4.39 Å². The zero-order valence-corrected chi connectivity index (χ0v) is 11.7. The van der Waals surface area contributed by atoms with Crippen LogP contribution in [0.2, 0.25) is 0 Å². The van der Waals surface area contributed by atoms with Gasteiger partial charge in [0.05, 0.1) is 11.8 Å². The molecule has 0 aliphatic carbocycles. The first-order chi connectivity index (χ1) is 9.58. The van der Waals surface area contributed by atoms with Crippen LogP contribution in [-0.2, 0) is 0 Å². The lowest BCUT2D eigenvalue weighted by molar-refractivity contribution is 0.107. The molecule has 1 N–H and O–H groups in total. The van der Waals surface area contributed by atoms with E-state index in [0.717, 1.165) is 5.69 Å². The standard InChI is InChI=1S/C16H19FN2O/c1-12(15-5-3-4-10-18-15)19(2)11-16(20)13-6-8-14(17)9-7-13/h3-10,12,16,20H,11H2,1-2H3. The molecule has 0 saturated carbocycles. The van der Waals surface area contributed by atoms with E-state index in [-0.39, 0.29) is 11.9 Å². The SMILES string of the molecule is CC(c1ccccn1)N(C)CC(O)c1ccc(F)cc1. The fourth-order valence-electron chi connectivity index (χ4n) is 2.07. The second-order valence-corrected chi connectivity index (χ2v) is 4.94. The van der Waals surface area contributed by atoms with E-state index in [1.54, 1.807) is 18.3 Å². The molecule has 0 bridgehead atoms. The van der Waals surface area contributed by atoms with Crippen molar-refractivity contribution in [2.24, 2.45) is 0 Å². The molecule has 1 aromatic carbocycles. The smallest absolute Gasteiger partial charge is 0.123 e. The topological polar surface area (TPSA) is 36.4 Å². The summed E-state index contributed by atoms with van der Waals surface area (Å²) >= 11 is 0. The summed E-state index contributed by atoms with van der Waals surface area (Å²) in [5, 5.41) is 10.2. The molecule has 0 aliphatic heterocycles. The van der Waals surface area contributed by atoms with Gasteiger partial charge in [-0.05, 0) is 43.8 Å². The number of rotatable bonds is 5. The lowest BCUT2D eigenvalue weighted by atomic mass is 10.1. The van der Waals surface area contributed by atoms with E-state index >= 15 is 0 Å². The van der Waals surface area contributed by atoms with Gasteiger partial charge < -0.3 is 5.11 Å². The van der Waals surface area contributed by atoms with Crippen molar-refractivity contribution in [3.63, 3.8) is 0 Å². The summed E-state index contributed by atoms with van der Waals surface area (Å²) < 4.78 is 12.9. The number of likely N-dealkylation sites (N-methyl/N-ethyl adjacent to an activating group) is 1. The molecular formula is C16H19FN2O. The van der Waals surface area contributed by atoms with Gasteiger partial charge in [0.15, 0.2) is 0 Å². The van der Waals surface area contributed by atoms with Crippen LogP contribution >= 0.6 is 0 Å². The summed E-state index contributed by atoms with van der Waals surface area (Å²) in [5.41, 5.74) is 1.67. The van der Waals surface area contributed by atoms with Crippen molar-refractivity contribution in [1.29, 1.82) is 0 Å². The van der Waals surface area contributed by atoms with Crippen LogP contribution in [0.3, 0.4) is 0 Å². The van der Waals surface area contributed by atoms with E-state index in [1.165, 1.54) is 12.1 Å². The Bertz CT molecular complexity index is 530. The summed E-state index contributed by atoms with van der Waals surface area (Å²) in [6, 6.07) is 11.8. The average Bonchev–Trinajstić information content (AvgIpc) is 2.48. The molecule has 0 radical (unpaired) electrons. The van der Waals surface area contributed by atoms with E-state index < -0.39 is 6.10 Å². The summed E-state index contributed by atoms with van der Waals surface area (Å²) in [5.74, 6) is -0.295. The van der Waals surface area contributed by atoms with Gasteiger partial charge in [0.2, 0.25) is 0 Å².